The van der Waals surface area contributed by atoms with Crippen molar-refractivity contribution >= 4 is 11.6 Å². The molecule has 2 fully saturated rings. The first-order valence-electron chi connectivity index (χ1n) is 8.44. The molecule has 2 saturated heterocycles. The van der Waals surface area contributed by atoms with Crippen LogP contribution in [0.5, 0.6) is 0 Å². The van der Waals surface area contributed by atoms with Gasteiger partial charge in [0.2, 0.25) is 5.91 Å². The normalized spacial score (nSPS) is 25.2. The second-order valence-corrected chi connectivity index (χ2v) is 6.95. The van der Waals surface area contributed by atoms with Crippen molar-refractivity contribution in [2.45, 2.75) is 18.4 Å². The lowest BCUT2D eigenvalue weighted by atomic mass is 9.90. The van der Waals surface area contributed by atoms with Gasteiger partial charge in [0, 0.05) is 25.3 Å². The molecule has 0 aliphatic carbocycles. The molecule has 5 nitrogen and oxygen atoms in total. The summed E-state index contributed by atoms with van der Waals surface area (Å²) in [6, 6.07) is 10.5. The van der Waals surface area contributed by atoms with Crippen LogP contribution in [0, 0.1) is 0 Å². The quantitative estimate of drug-likeness (QED) is 0.845. The molecule has 1 spiro atoms. The molecule has 0 aromatic heterocycles. The minimum atomic E-state index is -0.214. The number of nitrogens with zero attached hydrogens (tertiary/aromatic N) is 3. The molecule has 1 amide bonds. The summed E-state index contributed by atoms with van der Waals surface area (Å²) >= 11 is 0. The fourth-order valence-electron chi connectivity index (χ4n) is 3.63. The van der Waals surface area contributed by atoms with Crippen LogP contribution in [0.25, 0.3) is 0 Å². The lowest BCUT2D eigenvalue weighted by Crippen LogP contribution is -2.61. The molecule has 0 unspecified atom stereocenters. The summed E-state index contributed by atoms with van der Waals surface area (Å²) in [5, 5.41) is 0. The van der Waals surface area contributed by atoms with Gasteiger partial charge in [-0.1, -0.05) is 18.2 Å². The van der Waals surface area contributed by atoms with Crippen molar-refractivity contribution in [2.24, 2.45) is 0 Å². The number of hydrogen-bond acceptors (Lipinski definition) is 4. The smallest absolute Gasteiger partial charge is 0.236 e. The Morgan fingerprint density at radius 3 is 2.74 bits per heavy atom. The maximum absolute atomic E-state index is 12.4. The maximum atomic E-state index is 12.4. The van der Waals surface area contributed by atoms with E-state index in [-0.39, 0.29) is 11.5 Å². The van der Waals surface area contributed by atoms with Gasteiger partial charge in [-0.3, -0.25) is 4.79 Å². The minimum Gasteiger partial charge on any atom is -0.369 e. The van der Waals surface area contributed by atoms with Crippen molar-refractivity contribution in [3.63, 3.8) is 0 Å². The van der Waals surface area contributed by atoms with Gasteiger partial charge in [0.15, 0.2) is 0 Å². The molecule has 126 valence electrons. The number of carbonyl (C=O) groups excluding carboxylic acids is 1. The average molecular weight is 317 g/mol. The Hall–Kier alpha value is -1.59. The lowest BCUT2D eigenvalue weighted by molar-refractivity contribution is -0.152. The molecule has 1 atom stereocenters. The van der Waals surface area contributed by atoms with Gasteiger partial charge in [-0.25, -0.2) is 0 Å². The van der Waals surface area contributed by atoms with Crippen molar-refractivity contribution in [1.29, 1.82) is 0 Å². The molecule has 5 heteroatoms. The molecular formula is C18H27N3O2. The Kier molecular flexibility index (Phi) is 4.87. The molecule has 3 rings (SSSR count). The molecule has 2 heterocycles. The summed E-state index contributed by atoms with van der Waals surface area (Å²) in [5.74, 6) is 0.203. The van der Waals surface area contributed by atoms with Gasteiger partial charge in [-0.05, 0) is 39.1 Å². The summed E-state index contributed by atoms with van der Waals surface area (Å²) in [6.45, 7) is 4.45. The molecular weight excluding hydrogens is 290 g/mol. The predicted octanol–water partition coefficient (Wildman–Crippen LogP) is 1.45. The molecule has 0 N–H and O–H groups in total. The highest BCUT2D eigenvalue weighted by Crippen LogP contribution is 2.31. The minimum absolute atomic E-state index is 0.203. The van der Waals surface area contributed by atoms with E-state index in [1.807, 2.05) is 30.0 Å². The van der Waals surface area contributed by atoms with Crippen LogP contribution in [0.1, 0.15) is 12.8 Å². The standard InChI is InChI=1S/C18H27N3O2/c1-19(2)13-17(22)21-11-12-23-18(15-21)9-6-10-20(14-18)16-7-4-3-5-8-16/h3-5,7-8H,6,9-15H2,1-2H3/t18-/m0/s1. The fraction of sp³-hybridized carbons (Fsp3) is 0.611. The Balaban J connectivity index is 1.69. The van der Waals surface area contributed by atoms with E-state index in [0.717, 1.165) is 25.9 Å². The van der Waals surface area contributed by atoms with Gasteiger partial charge in [0.05, 0.1) is 19.7 Å². The lowest BCUT2D eigenvalue weighted by Gasteiger charge is -2.48. The zero-order valence-corrected chi connectivity index (χ0v) is 14.2. The zero-order chi connectivity index (χ0) is 16.3. The molecule has 1 aromatic rings. The summed E-state index contributed by atoms with van der Waals surface area (Å²) in [6.07, 6.45) is 2.13. The van der Waals surface area contributed by atoms with E-state index in [2.05, 4.69) is 29.2 Å². The fourth-order valence-corrected chi connectivity index (χ4v) is 3.63. The topological polar surface area (TPSA) is 36.0 Å². The number of rotatable bonds is 3. The van der Waals surface area contributed by atoms with Crippen LogP contribution in [-0.2, 0) is 9.53 Å². The summed E-state index contributed by atoms with van der Waals surface area (Å²) < 4.78 is 6.19. The number of carbonyl (C=O) groups is 1. The third-order valence-electron chi connectivity index (χ3n) is 4.71. The first-order valence-corrected chi connectivity index (χ1v) is 8.44. The summed E-state index contributed by atoms with van der Waals surface area (Å²) in [5.41, 5.74) is 1.03. The number of amides is 1. The van der Waals surface area contributed by atoms with Crippen molar-refractivity contribution in [2.75, 3.05) is 58.3 Å². The molecule has 2 aliphatic rings. The van der Waals surface area contributed by atoms with Crippen LogP contribution >= 0.6 is 0 Å². The summed E-state index contributed by atoms with van der Waals surface area (Å²) in [7, 11) is 3.87. The van der Waals surface area contributed by atoms with Gasteiger partial charge in [0.1, 0.15) is 5.60 Å². The van der Waals surface area contributed by atoms with Gasteiger partial charge in [0.25, 0.3) is 0 Å². The van der Waals surface area contributed by atoms with Crippen LogP contribution in [-0.4, -0.2) is 74.7 Å². The molecule has 23 heavy (non-hydrogen) atoms. The van der Waals surface area contributed by atoms with E-state index in [1.54, 1.807) is 0 Å². The van der Waals surface area contributed by atoms with Crippen LogP contribution in [0.15, 0.2) is 30.3 Å². The number of anilines is 1. The third kappa shape index (κ3) is 3.85. The maximum Gasteiger partial charge on any atom is 0.236 e. The van der Waals surface area contributed by atoms with Gasteiger partial charge in [-0.15, -0.1) is 0 Å². The van der Waals surface area contributed by atoms with Gasteiger partial charge < -0.3 is 19.4 Å². The second kappa shape index (κ2) is 6.89. The molecule has 0 radical (unpaired) electrons. The number of hydrogen-bond donors (Lipinski definition) is 0. The van der Waals surface area contributed by atoms with Crippen LogP contribution < -0.4 is 4.90 Å². The number of piperidine rings is 1. The summed E-state index contributed by atoms with van der Waals surface area (Å²) in [4.78, 5) is 18.7. The Morgan fingerprint density at radius 2 is 2.00 bits per heavy atom. The number of likely N-dealkylation sites (N-methyl/N-ethyl adjacent to an activating group) is 1. The largest absolute Gasteiger partial charge is 0.369 e. The van der Waals surface area contributed by atoms with Crippen molar-refractivity contribution in [1.82, 2.24) is 9.80 Å². The molecule has 0 bridgehead atoms. The van der Waals surface area contributed by atoms with Crippen molar-refractivity contribution < 1.29 is 9.53 Å². The van der Waals surface area contributed by atoms with E-state index in [4.69, 9.17) is 4.74 Å². The van der Waals surface area contributed by atoms with Crippen molar-refractivity contribution in [3.8, 4) is 0 Å². The Morgan fingerprint density at radius 1 is 1.22 bits per heavy atom. The Bertz CT molecular complexity index is 530. The zero-order valence-electron chi connectivity index (χ0n) is 14.2. The molecule has 2 aliphatic heterocycles. The van der Waals surface area contributed by atoms with Crippen LogP contribution in [0.4, 0.5) is 5.69 Å². The number of para-hydroxylation sites is 1. The highest BCUT2D eigenvalue weighted by atomic mass is 16.5. The van der Waals surface area contributed by atoms with E-state index in [0.29, 0.717) is 26.2 Å². The predicted molar refractivity (Wildman–Crippen MR) is 91.7 cm³/mol. The van der Waals surface area contributed by atoms with E-state index < -0.39 is 0 Å². The first-order chi connectivity index (χ1) is 11.1. The van der Waals surface area contributed by atoms with Gasteiger partial charge >= 0.3 is 0 Å². The van der Waals surface area contributed by atoms with E-state index in [9.17, 15) is 4.79 Å². The number of morpholine rings is 1. The highest BCUT2D eigenvalue weighted by molar-refractivity contribution is 5.78. The number of ether oxygens (including phenoxy) is 1. The number of benzene rings is 1. The second-order valence-electron chi connectivity index (χ2n) is 6.95. The van der Waals surface area contributed by atoms with E-state index in [1.165, 1.54) is 5.69 Å². The third-order valence-corrected chi connectivity index (χ3v) is 4.71. The first kappa shape index (κ1) is 16.3. The van der Waals surface area contributed by atoms with Crippen molar-refractivity contribution in [3.05, 3.63) is 30.3 Å². The highest BCUT2D eigenvalue weighted by Gasteiger charge is 2.41. The van der Waals surface area contributed by atoms with E-state index >= 15 is 0 Å². The van der Waals surface area contributed by atoms with Crippen LogP contribution in [0.3, 0.4) is 0 Å². The SMILES string of the molecule is CN(C)CC(=O)N1CCO[C@]2(CCCN(c3ccccc3)C2)C1. The molecule has 0 saturated carbocycles. The van der Waals surface area contributed by atoms with Crippen LogP contribution in [0.2, 0.25) is 0 Å². The average Bonchev–Trinajstić information content (AvgIpc) is 2.55. The monoisotopic (exact) mass is 317 g/mol. The Labute approximate surface area is 138 Å². The van der Waals surface area contributed by atoms with Gasteiger partial charge in [-0.2, -0.15) is 0 Å². The molecule has 1 aromatic carbocycles.